The van der Waals surface area contributed by atoms with Crippen molar-refractivity contribution in [1.82, 2.24) is 5.32 Å². The highest BCUT2D eigenvalue weighted by Crippen LogP contribution is 2.27. The quantitative estimate of drug-likeness (QED) is 0.852. The standard InChI is InChI=1S/C16H18N2O2/c19-16(20-11-12-4-2-1-3-5-12)9-14-8-13-10-17-7-6-15(13)18-14/h1-7,13-14,18H,8-11H2. The molecule has 2 aliphatic heterocycles. The van der Waals surface area contributed by atoms with E-state index in [0.29, 0.717) is 18.9 Å². The summed E-state index contributed by atoms with van der Waals surface area (Å²) in [4.78, 5) is 16.1. The van der Waals surface area contributed by atoms with Gasteiger partial charge in [0.1, 0.15) is 6.61 Å². The number of dihydropyridines is 1. The number of esters is 1. The number of nitrogens with zero attached hydrogens (tertiary/aromatic N) is 1. The summed E-state index contributed by atoms with van der Waals surface area (Å²) in [6, 6.07) is 9.93. The van der Waals surface area contributed by atoms with Gasteiger partial charge < -0.3 is 10.1 Å². The fourth-order valence-electron chi connectivity index (χ4n) is 2.69. The first-order chi connectivity index (χ1) is 9.81. The molecule has 1 saturated heterocycles. The van der Waals surface area contributed by atoms with Gasteiger partial charge in [-0.05, 0) is 18.1 Å². The Labute approximate surface area is 118 Å². The van der Waals surface area contributed by atoms with E-state index >= 15 is 0 Å². The zero-order chi connectivity index (χ0) is 13.8. The van der Waals surface area contributed by atoms with Crippen LogP contribution in [0.4, 0.5) is 0 Å². The molecule has 4 heteroatoms. The van der Waals surface area contributed by atoms with Gasteiger partial charge in [-0.1, -0.05) is 30.3 Å². The van der Waals surface area contributed by atoms with Gasteiger partial charge in [0, 0.05) is 30.4 Å². The SMILES string of the molecule is O=C(CC1CC2CN=CC=C2N1)OCc1ccccc1. The molecule has 1 aromatic rings. The number of rotatable bonds is 4. The summed E-state index contributed by atoms with van der Waals surface area (Å²) in [6.45, 7) is 1.18. The summed E-state index contributed by atoms with van der Waals surface area (Å²) < 4.78 is 5.31. The minimum atomic E-state index is -0.147. The molecule has 4 nitrogen and oxygen atoms in total. The van der Waals surface area contributed by atoms with Gasteiger partial charge in [-0.25, -0.2) is 0 Å². The second-order valence-electron chi connectivity index (χ2n) is 5.26. The first-order valence-electron chi connectivity index (χ1n) is 6.97. The molecule has 104 valence electrons. The highest BCUT2D eigenvalue weighted by atomic mass is 16.5. The molecule has 3 rings (SSSR count). The van der Waals surface area contributed by atoms with Crippen molar-refractivity contribution >= 4 is 12.2 Å². The molecular weight excluding hydrogens is 252 g/mol. The number of benzene rings is 1. The van der Waals surface area contributed by atoms with E-state index in [1.165, 1.54) is 5.70 Å². The number of hydrogen-bond donors (Lipinski definition) is 1. The first-order valence-corrected chi connectivity index (χ1v) is 6.97. The summed E-state index contributed by atoms with van der Waals surface area (Å²) in [5.74, 6) is 0.304. The summed E-state index contributed by atoms with van der Waals surface area (Å²) in [6.07, 6.45) is 5.21. The molecule has 0 spiro atoms. The number of allylic oxidation sites excluding steroid dienone is 1. The minimum Gasteiger partial charge on any atom is -0.461 e. The molecular formula is C16H18N2O2. The van der Waals surface area contributed by atoms with E-state index in [1.807, 2.05) is 42.6 Å². The first kappa shape index (κ1) is 12.9. The van der Waals surface area contributed by atoms with E-state index < -0.39 is 0 Å². The predicted octanol–water partition coefficient (Wildman–Crippen LogP) is 2.07. The van der Waals surface area contributed by atoms with E-state index in [0.717, 1.165) is 18.5 Å². The van der Waals surface area contributed by atoms with Crippen molar-refractivity contribution < 1.29 is 9.53 Å². The highest BCUT2D eigenvalue weighted by molar-refractivity contribution is 5.74. The van der Waals surface area contributed by atoms with Crippen molar-refractivity contribution in [3.63, 3.8) is 0 Å². The molecule has 1 fully saturated rings. The topological polar surface area (TPSA) is 50.7 Å². The number of carbonyl (C=O) groups excluding carboxylic acids is 1. The van der Waals surface area contributed by atoms with Crippen LogP contribution in [0.1, 0.15) is 18.4 Å². The molecule has 0 saturated carbocycles. The zero-order valence-corrected chi connectivity index (χ0v) is 11.3. The van der Waals surface area contributed by atoms with Gasteiger partial charge >= 0.3 is 5.97 Å². The summed E-state index contributed by atoms with van der Waals surface area (Å²) >= 11 is 0. The fraction of sp³-hybridized carbons (Fsp3) is 0.375. The number of aliphatic imine (C=N–C) groups is 1. The van der Waals surface area contributed by atoms with Crippen molar-refractivity contribution in [2.75, 3.05) is 6.54 Å². The second kappa shape index (κ2) is 5.90. The van der Waals surface area contributed by atoms with Crippen molar-refractivity contribution in [1.29, 1.82) is 0 Å². The van der Waals surface area contributed by atoms with E-state index in [-0.39, 0.29) is 12.0 Å². The largest absolute Gasteiger partial charge is 0.461 e. The van der Waals surface area contributed by atoms with Crippen LogP contribution in [0.5, 0.6) is 0 Å². The monoisotopic (exact) mass is 270 g/mol. The van der Waals surface area contributed by atoms with E-state index in [2.05, 4.69) is 10.3 Å². The van der Waals surface area contributed by atoms with Gasteiger partial charge in [0.2, 0.25) is 0 Å². The molecule has 2 heterocycles. The lowest BCUT2D eigenvalue weighted by molar-refractivity contribution is -0.145. The molecule has 0 bridgehead atoms. The van der Waals surface area contributed by atoms with Crippen LogP contribution in [-0.2, 0) is 16.1 Å². The van der Waals surface area contributed by atoms with E-state index in [4.69, 9.17) is 4.74 Å². The summed E-state index contributed by atoms with van der Waals surface area (Å²) in [5, 5.41) is 3.39. The number of carbonyl (C=O) groups is 1. The normalized spacial score (nSPS) is 23.7. The Hall–Kier alpha value is -2.10. The lowest BCUT2D eigenvalue weighted by atomic mass is 10.0. The van der Waals surface area contributed by atoms with Gasteiger partial charge in [0.15, 0.2) is 0 Å². The minimum absolute atomic E-state index is 0.147. The number of ether oxygens (including phenoxy) is 1. The Bertz CT molecular complexity index is 537. The van der Waals surface area contributed by atoms with Crippen LogP contribution in [0.2, 0.25) is 0 Å². The molecule has 1 N–H and O–H groups in total. The molecule has 0 radical (unpaired) electrons. The Morgan fingerprint density at radius 3 is 3.00 bits per heavy atom. The maximum atomic E-state index is 11.9. The van der Waals surface area contributed by atoms with Crippen molar-refractivity contribution in [2.45, 2.75) is 25.5 Å². The third kappa shape index (κ3) is 3.07. The Kier molecular flexibility index (Phi) is 3.81. The Balaban J connectivity index is 1.46. The van der Waals surface area contributed by atoms with Crippen LogP contribution in [0.25, 0.3) is 0 Å². The number of hydrogen-bond acceptors (Lipinski definition) is 4. The smallest absolute Gasteiger partial charge is 0.308 e. The average Bonchev–Trinajstić information content (AvgIpc) is 2.88. The van der Waals surface area contributed by atoms with Crippen LogP contribution >= 0.6 is 0 Å². The molecule has 2 unspecified atom stereocenters. The maximum Gasteiger partial charge on any atom is 0.308 e. The van der Waals surface area contributed by atoms with Crippen LogP contribution in [0, 0.1) is 5.92 Å². The van der Waals surface area contributed by atoms with Crippen LogP contribution < -0.4 is 5.32 Å². The Morgan fingerprint density at radius 1 is 1.35 bits per heavy atom. The summed E-state index contributed by atoms with van der Waals surface area (Å²) in [5.41, 5.74) is 2.23. The summed E-state index contributed by atoms with van der Waals surface area (Å²) in [7, 11) is 0. The van der Waals surface area contributed by atoms with Crippen LogP contribution in [-0.4, -0.2) is 24.8 Å². The van der Waals surface area contributed by atoms with Crippen molar-refractivity contribution in [2.24, 2.45) is 10.9 Å². The maximum absolute atomic E-state index is 11.9. The number of nitrogens with one attached hydrogen (secondary N) is 1. The fourth-order valence-corrected chi connectivity index (χ4v) is 2.69. The molecule has 1 aromatic carbocycles. The van der Waals surface area contributed by atoms with Crippen molar-refractivity contribution in [3.8, 4) is 0 Å². The predicted molar refractivity (Wildman–Crippen MR) is 77.3 cm³/mol. The zero-order valence-electron chi connectivity index (χ0n) is 11.3. The molecule has 2 aliphatic rings. The number of fused-ring (bicyclic) bond motifs is 1. The molecule has 2 atom stereocenters. The lowest BCUT2D eigenvalue weighted by Crippen LogP contribution is -2.24. The lowest BCUT2D eigenvalue weighted by Gasteiger charge is -2.11. The second-order valence-corrected chi connectivity index (χ2v) is 5.26. The molecule has 0 amide bonds. The third-order valence-corrected chi connectivity index (χ3v) is 3.72. The van der Waals surface area contributed by atoms with E-state index in [1.54, 1.807) is 0 Å². The Morgan fingerprint density at radius 2 is 2.20 bits per heavy atom. The van der Waals surface area contributed by atoms with E-state index in [9.17, 15) is 4.79 Å². The van der Waals surface area contributed by atoms with Crippen LogP contribution in [0.15, 0.2) is 47.1 Å². The molecule has 0 aromatic heterocycles. The highest BCUT2D eigenvalue weighted by Gasteiger charge is 2.30. The van der Waals surface area contributed by atoms with Gasteiger partial charge in [-0.15, -0.1) is 0 Å². The van der Waals surface area contributed by atoms with Gasteiger partial charge in [0.25, 0.3) is 0 Å². The average molecular weight is 270 g/mol. The molecule has 20 heavy (non-hydrogen) atoms. The van der Waals surface area contributed by atoms with Crippen LogP contribution in [0.3, 0.4) is 0 Å². The van der Waals surface area contributed by atoms with Gasteiger partial charge in [-0.3, -0.25) is 9.79 Å². The van der Waals surface area contributed by atoms with Gasteiger partial charge in [0.05, 0.1) is 6.42 Å². The van der Waals surface area contributed by atoms with Crippen molar-refractivity contribution in [3.05, 3.63) is 47.7 Å². The third-order valence-electron chi connectivity index (χ3n) is 3.72. The van der Waals surface area contributed by atoms with Gasteiger partial charge in [-0.2, -0.15) is 0 Å². The molecule has 0 aliphatic carbocycles.